The molecule has 2 N–H and O–H groups in total. The highest BCUT2D eigenvalue weighted by Crippen LogP contribution is 2.22. The van der Waals surface area contributed by atoms with Crippen LogP contribution in [0.1, 0.15) is 28.2 Å². The van der Waals surface area contributed by atoms with Gasteiger partial charge in [0, 0.05) is 50.0 Å². The minimum absolute atomic E-state index is 0.491. The second-order valence-electron chi connectivity index (χ2n) is 7.11. The highest BCUT2D eigenvalue weighted by Gasteiger charge is 2.17. The van der Waals surface area contributed by atoms with Crippen molar-refractivity contribution in [1.82, 2.24) is 15.6 Å². The van der Waals surface area contributed by atoms with E-state index < -0.39 is 0 Å². The molecule has 1 fully saturated rings. The molecule has 0 spiro atoms. The van der Waals surface area contributed by atoms with Crippen molar-refractivity contribution in [2.75, 3.05) is 33.4 Å². The molecule has 0 saturated carbocycles. The van der Waals surface area contributed by atoms with Gasteiger partial charge in [-0.3, -0.25) is 4.99 Å². The van der Waals surface area contributed by atoms with Crippen molar-refractivity contribution < 1.29 is 9.47 Å². The molecule has 1 aliphatic heterocycles. The molecule has 152 valence electrons. The predicted octanol–water partition coefficient (Wildman–Crippen LogP) is 3.08. The van der Waals surface area contributed by atoms with E-state index in [1.807, 2.05) is 6.92 Å². The Hall–Kier alpha value is -2.12. The predicted molar refractivity (Wildman–Crippen MR) is 114 cm³/mol. The van der Waals surface area contributed by atoms with Crippen LogP contribution < -0.4 is 15.4 Å². The Morgan fingerprint density at radius 3 is 2.96 bits per heavy atom. The summed E-state index contributed by atoms with van der Waals surface area (Å²) in [7, 11) is 1.79. The number of benzene rings is 1. The van der Waals surface area contributed by atoms with Gasteiger partial charge in [-0.1, -0.05) is 12.1 Å². The molecule has 2 heterocycles. The molecule has 3 rings (SSSR count). The fraction of sp³-hybridized carbons (Fsp3) is 0.524. The van der Waals surface area contributed by atoms with E-state index in [-0.39, 0.29) is 0 Å². The monoisotopic (exact) mass is 402 g/mol. The number of ether oxygens (including phenoxy) is 2. The lowest BCUT2D eigenvalue weighted by molar-refractivity contribution is 0.166. The number of rotatable bonds is 8. The Morgan fingerprint density at radius 1 is 1.36 bits per heavy atom. The SMILES string of the molecule is CN=C(NCCc1csc(C)n1)NCc1ccc(C)cc1OCC1CCOC1. The van der Waals surface area contributed by atoms with Crippen LogP contribution in [-0.2, 0) is 17.7 Å². The van der Waals surface area contributed by atoms with E-state index in [9.17, 15) is 0 Å². The normalized spacial score (nSPS) is 17.0. The number of aliphatic imine (C=N–C) groups is 1. The molecule has 1 aliphatic rings. The topological polar surface area (TPSA) is 67.8 Å². The molecule has 1 atom stereocenters. The lowest BCUT2D eigenvalue weighted by Crippen LogP contribution is -2.38. The molecular weight excluding hydrogens is 372 g/mol. The van der Waals surface area contributed by atoms with Gasteiger partial charge in [0.15, 0.2) is 5.96 Å². The van der Waals surface area contributed by atoms with Crippen molar-refractivity contribution >= 4 is 17.3 Å². The number of aryl methyl sites for hydroxylation is 2. The summed E-state index contributed by atoms with van der Waals surface area (Å²) >= 11 is 1.69. The van der Waals surface area contributed by atoms with E-state index in [4.69, 9.17) is 9.47 Å². The molecule has 28 heavy (non-hydrogen) atoms. The Bertz CT molecular complexity index is 784. The minimum Gasteiger partial charge on any atom is -0.493 e. The first kappa shape index (κ1) is 20.6. The van der Waals surface area contributed by atoms with Crippen molar-refractivity contribution in [1.29, 1.82) is 0 Å². The molecule has 2 aromatic rings. The standard InChI is InChI=1S/C21H30N4O2S/c1-15-4-5-18(20(10-15)27-13-17-7-9-26-12-17)11-24-21(22-3)23-8-6-19-14-28-16(2)25-19/h4-5,10,14,17H,6-9,11-13H2,1-3H3,(H2,22,23,24). The summed E-state index contributed by atoms with van der Waals surface area (Å²) in [6.07, 6.45) is 1.96. The third kappa shape index (κ3) is 6.21. The Kier molecular flexibility index (Phi) is 7.68. The summed E-state index contributed by atoms with van der Waals surface area (Å²) in [5.41, 5.74) is 3.45. The molecule has 0 bridgehead atoms. The van der Waals surface area contributed by atoms with E-state index in [2.05, 4.69) is 51.1 Å². The molecule has 0 radical (unpaired) electrons. The maximum Gasteiger partial charge on any atom is 0.191 e. The number of aromatic nitrogens is 1. The largest absolute Gasteiger partial charge is 0.493 e. The quantitative estimate of drug-likeness (QED) is 0.525. The lowest BCUT2D eigenvalue weighted by Gasteiger charge is -2.17. The van der Waals surface area contributed by atoms with Crippen molar-refractivity contribution in [3.63, 3.8) is 0 Å². The first-order chi connectivity index (χ1) is 13.6. The van der Waals surface area contributed by atoms with Gasteiger partial charge < -0.3 is 20.1 Å². The average Bonchev–Trinajstić information content (AvgIpc) is 3.35. The van der Waals surface area contributed by atoms with Crippen LogP contribution in [0.4, 0.5) is 0 Å². The third-order valence-electron chi connectivity index (χ3n) is 4.73. The highest BCUT2D eigenvalue weighted by molar-refractivity contribution is 7.09. The zero-order valence-corrected chi connectivity index (χ0v) is 17.8. The van der Waals surface area contributed by atoms with Gasteiger partial charge in [0.25, 0.3) is 0 Å². The van der Waals surface area contributed by atoms with Crippen LogP contribution in [-0.4, -0.2) is 44.4 Å². The maximum atomic E-state index is 6.12. The number of nitrogens with zero attached hydrogens (tertiary/aromatic N) is 2. The Morgan fingerprint density at radius 2 is 2.25 bits per heavy atom. The second kappa shape index (κ2) is 10.4. The minimum atomic E-state index is 0.491. The summed E-state index contributed by atoms with van der Waals surface area (Å²) in [5.74, 6) is 2.21. The summed E-state index contributed by atoms with van der Waals surface area (Å²) in [5, 5.41) is 9.95. The zero-order valence-electron chi connectivity index (χ0n) is 17.0. The zero-order chi connectivity index (χ0) is 19.8. The molecule has 6 nitrogen and oxygen atoms in total. The number of hydrogen-bond acceptors (Lipinski definition) is 5. The summed E-state index contributed by atoms with van der Waals surface area (Å²) in [6.45, 7) is 7.92. The van der Waals surface area contributed by atoms with E-state index >= 15 is 0 Å². The fourth-order valence-electron chi connectivity index (χ4n) is 3.10. The van der Waals surface area contributed by atoms with Gasteiger partial charge in [-0.2, -0.15) is 0 Å². The van der Waals surface area contributed by atoms with Crippen molar-refractivity contribution in [2.45, 2.75) is 33.2 Å². The van der Waals surface area contributed by atoms with Gasteiger partial charge in [-0.05, 0) is 31.9 Å². The molecule has 0 amide bonds. The Labute approximate surface area is 171 Å². The summed E-state index contributed by atoms with van der Waals surface area (Å²) in [6, 6.07) is 6.34. The van der Waals surface area contributed by atoms with Gasteiger partial charge in [0.1, 0.15) is 5.75 Å². The lowest BCUT2D eigenvalue weighted by atomic mass is 10.1. The molecule has 0 aliphatic carbocycles. The van der Waals surface area contributed by atoms with Crippen LogP contribution in [0.3, 0.4) is 0 Å². The average molecular weight is 403 g/mol. The van der Waals surface area contributed by atoms with Gasteiger partial charge in [-0.15, -0.1) is 11.3 Å². The molecule has 1 aromatic heterocycles. The first-order valence-corrected chi connectivity index (χ1v) is 10.7. The Balaban J connectivity index is 1.50. The van der Waals surface area contributed by atoms with E-state index in [0.717, 1.165) is 60.6 Å². The third-order valence-corrected chi connectivity index (χ3v) is 5.55. The van der Waals surface area contributed by atoms with Gasteiger partial charge >= 0.3 is 0 Å². The molecule has 7 heteroatoms. The van der Waals surface area contributed by atoms with Crippen LogP contribution in [0.25, 0.3) is 0 Å². The molecule has 1 aromatic carbocycles. The van der Waals surface area contributed by atoms with Gasteiger partial charge in [-0.25, -0.2) is 4.98 Å². The van der Waals surface area contributed by atoms with E-state index in [1.54, 1.807) is 18.4 Å². The fourth-order valence-corrected chi connectivity index (χ4v) is 3.74. The molecule has 1 unspecified atom stereocenters. The van der Waals surface area contributed by atoms with Crippen molar-refractivity contribution in [3.05, 3.63) is 45.4 Å². The van der Waals surface area contributed by atoms with Crippen LogP contribution in [0.15, 0.2) is 28.6 Å². The maximum absolute atomic E-state index is 6.12. The highest BCUT2D eigenvalue weighted by atomic mass is 32.1. The van der Waals surface area contributed by atoms with Crippen LogP contribution in [0.5, 0.6) is 5.75 Å². The van der Waals surface area contributed by atoms with Crippen molar-refractivity contribution in [2.24, 2.45) is 10.9 Å². The summed E-state index contributed by atoms with van der Waals surface area (Å²) < 4.78 is 11.6. The molecular formula is C21H30N4O2S. The smallest absolute Gasteiger partial charge is 0.191 e. The first-order valence-electron chi connectivity index (χ1n) is 9.79. The van der Waals surface area contributed by atoms with Crippen LogP contribution in [0.2, 0.25) is 0 Å². The van der Waals surface area contributed by atoms with E-state index in [1.165, 1.54) is 5.56 Å². The van der Waals surface area contributed by atoms with Crippen LogP contribution >= 0.6 is 11.3 Å². The summed E-state index contributed by atoms with van der Waals surface area (Å²) in [4.78, 5) is 8.81. The van der Waals surface area contributed by atoms with Gasteiger partial charge in [0.2, 0.25) is 0 Å². The molecule has 1 saturated heterocycles. The number of hydrogen-bond donors (Lipinski definition) is 2. The number of guanidine groups is 1. The van der Waals surface area contributed by atoms with Gasteiger partial charge in [0.05, 0.1) is 23.9 Å². The van der Waals surface area contributed by atoms with Crippen molar-refractivity contribution in [3.8, 4) is 5.75 Å². The second-order valence-corrected chi connectivity index (χ2v) is 8.17. The van der Waals surface area contributed by atoms with E-state index in [0.29, 0.717) is 19.1 Å². The van der Waals surface area contributed by atoms with Crippen LogP contribution in [0, 0.1) is 19.8 Å². The number of thiazole rings is 1. The number of nitrogens with one attached hydrogen (secondary N) is 2.